The average molecular weight is 335 g/mol. The van der Waals surface area contributed by atoms with Crippen LogP contribution in [0, 0.1) is 23.3 Å². The van der Waals surface area contributed by atoms with Crippen LogP contribution in [0.15, 0.2) is 24.4 Å². The maximum Gasteiger partial charge on any atom is 0.180 e. The highest BCUT2D eigenvalue weighted by atomic mass is 32.1. The third-order valence-electron chi connectivity index (χ3n) is 4.55. The molecule has 0 spiro atoms. The summed E-state index contributed by atoms with van der Waals surface area (Å²) in [6.07, 6.45) is 1.05. The highest BCUT2D eigenvalue weighted by molar-refractivity contribution is 7.71. The molecule has 3 nitrogen and oxygen atoms in total. The lowest BCUT2D eigenvalue weighted by Gasteiger charge is -2.14. The quantitative estimate of drug-likeness (QED) is 0.872. The molecule has 2 N–H and O–H groups in total. The number of hydrogen-bond acceptors (Lipinski definition) is 2. The summed E-state index contributed by atoms with van der Waals surface area (Å²) in [5.41, 5.74) is 8.86. The number of hydrogen-bond donors (Lipinski definition) is 1. The lowest BCUT2D eigenvalue weighted by molar-refractivity contribution is 0.506. The molecule has 0 saturated carbocycles. The molecule has 0 saturated heterocycles. The molecule has 0 radical (unpaired) electrons. The molecule has 2 aromatic rings. The van der Waals surface area contributed by atoms with E-state index < -0.39 is 11.6 Å². The third-order valence-corrected chi connectivity index (χ3v) is 5.04. The van der Waals surface area contributed by atoms with Gasteiger partial charge < -0.3 is 14.9 Å². The maximum atomic E-state index is 14.4. The van der Waals surface area contributed by atoms with Crippen molar-refractivity contribution in [1.82, 2.24) is 9.13 Å². The Labute approximate surface area is 139 Å². The summed E-state index contributed by atoms with van der Waals surface area (Å²) in [5.74, 6) is -1.21. The van der Waals surface area contributed by atoms with Gasteiger partial charge in [-0.15, -0.1) is 0 Å². The Balaban J connectivity index is 2.05. The zero-order valence-corrected chi connectivity index (χ0v) is 14.0. The molecule has 0 amide bonds. The summed E-state index contributed by atoms with van der Waals surface area (Å²) in [5, 5.41) is 0. The first-order valence-electron chi connectivity index (χ1n) is 7.46. The van der Waals surface area contributed by atoms with Gasteiger partial charge >= 0.3 is 0 Å². The summed E-state index contributed by atoms with van der Waals surface area (Å²) in [6.45, 7) is 5.88. The molecule has 3 rings (SSSR count). The lowest BCUT2D eigenvalue weighted by Crippen LogP contribution is -2.11. The number of allylic oxidation sites excluding steroid dienone is 1. The van der Waals surface area contributed by atoms with Gasteiger partial charge in [0.25, 0.3) is 0 Å². The van der Waals surface area contributed by atoms with E-state index in [0.717, 1.165) is 11.4 Å². The topological polar surface area (TPSA) is 35.9 Å². The van der Waals surface area contributed by atoms with E-state index in [-0.39, 0.29) is 11.5 Å². The van der Waals surface area contributed by atoms with Gasteiger partial charge in [0.05, 0.1) is 0 Å². The minimum atomic E-state index is -0.496. The van der Waals surface area contributed by atoms with Crippen molar-refractivity contribution in [1.29, 1.82) is 0 Å². The fraction of sp³-hybridized carbons (Fsp3) is 0.353. The van der Waals surface area contributed by atoms with Crippen LogP contribution in [0.4, 0.5) is 8.78 Å². The number of halogens is 2. The molecule has 1 aliphatic rings. The van der Waals surface area contributed by atoms with Crippen LogP contribution in [0.5, 0.6) is 0 Å². The summed E-state index contributed by atoms with van der Waals surface area (Å²) in [4.78, 5) is 0. The second-order valence-corrected chi connectivity index (χ2v) is 6.54. The first kappa shape index (κ1) is 15.9. The van der Waals surface area contributed by atoms with Gasteiger partial charge in [-0.05, 0) is 37.2 Å². The molecule has 1 aromatic carbocycles. The molecule has 1 atom stereocenters. The van der Waals surface area contributed by atoms with Crippen LogP contribution in [0.25, 0.3) is 0 Å². The standard InChI is InChI=1S/C17H19F2N3S/c1-9-4-5-12(18)15(16(9)19)11-7-14-13(6-10(2)20)21(3)17(23)22(14)8-11/h4-5,11H,2,6-8,20H2,1,3H3/t11-/m1/s1. The Morgan fingerprint density at radius 1 is 1.43 bits per heavy atom. The molecule has 122 valence electrons. The Bertz CT molecular complexity index is 864. The smallest absolute Gasteiger partial charge is 0.180 e. The second kappa shape index (κ2) is 5.60. The Hall–Kier alpha value is -1.95. The van der Waals surface area contributed by atoms with Gasteiger partial charge in [-0.1, -0.05) is 12.6 Å². The molecule has 1 aromatic heterocycles. The van der Waals surface area contributed by atoms with E-state index in [9.17, 15) is 8.78 Å². The Morgan fingerprint density at radius 2 is 2.13 bits per heavy atom. The summed E-state index contributed by atoms with van der Waals surface area (Å²) < 4.78 is 33.1. The fourth-order valence-corrected chi connectivity index (χ4v) is 3.67. The van der Waals surface area contributed by atoms with Gasteiger partial charge in [0.2, 0.25) is 0 Å². The number of fused-ring (bicyclic) bond motifs is 1. The van der Waals surface area contributed by atoms with Crippen molar-refractivity contribution in [3.63, 3.8) is 0 Å². The highest BCUT2D eigenvalue weighted by Gasteiger charge is 2.32. The maximum absolute atomic E-state index is 14.4. The summed E-state index contributed by atoms with van der Waals surface area (Å²) >= 11 is 5.46. The molecule has 2 heterocycles. The molecular formula is C17H19F2N3S. The predicted molar refractivity (Wildman–Crippen MR) is 88.8 cm³/mol. The SMILES string of the molecule is C=C(N)Cc1c2n(c(=S)n1C)C[C@H](c1c(F)ccc(C)c1F)C2. The van der Waals surface area contributed by atoms with Crippen LogP contribution in [0.1, 0.15) is 28.4 Å². The Kier molecular flexibility index (Phi) is 3.88. The van der Waals surface area contributed by atoms with Crippen LogP contribution in [0.3, 0.4) is 0 Å². The molecule has 23 heavy (non-hydrogen) atoms. The average Bonchev–Trinajstić information content (AvgIpc) is 2.99. The zero-order valence-electron chi connectivity index (χ0n) is 13.2. The lowest BCUT2D eigenvalue weighted by atomic mass is 9.93. The molecule has 0 aliphatic carbocycles. The normalized spacial score (nSPS) is 16.6. The van der Waals surface area contributed by atoms with Crippen LogP contribution < -0.4 is 5.73 Å². The Morgan fingerprint density at radius 3 is 2.78 bits per heavy atom. The van der Waals surface area contributed by atoms with Gasteiger partial charge in [0, 0.05) is 48.6 Å². The van der Waals surface area contributed by atoms with Crippen LogP contribution >= 0.6 is 12.2 Å². The fourth-order valence-electron chi connectivity index (χ4n) is 3.38. The molecule has 0 fully saturated rings. The van der Waals surface area contributed by atoms with Crippen molar-refractivity contribution < 1.29 is 8.78 Å². The first-order chi connectivity index (χ1) is 10.8. The van der Waals surface area contributed by atoms with E-state index in [1.807, 2.05) is 16.2 Å². The number of rotatable bonds is 3. The first-order valence-corrected chi connectivity index (χ1v) is 7.87. The van der Waals surface area contributed by atoms with Crippen LogP contribution in [-0.4, -0.2) is 9.13 Å². The molecule has 1 aliphatic heterocycles. The van der Waals surface area contributed by atoms with Crippen LogP contribution in [-0.2, 0) is 26.4 Å². The van der Waals surface area contributed by atoms with Crippen molar-refractivity contribution in [2.45, 2.75) is 32.2 Å². The van der Waals surface area contributed by atoms with Crippen molar-refractivity contribution in [2.75, 3.05) is 0 Å². The number of benzene rings is 1. The molecule has 0 bridgehead atoms. The second-order valence-electron chi connectivity index (χ2n) is 6.17. The van der Waals surface area contributed by atoms with Crippen molar-refractivity contribution in [3.05, 3.63) is 63.3 Å². The number of nitrogens with zero attached hydrogens (tertiary/aromatic N) is 2. The van der Waals surface area contributed by atoms with E-state index in [4.69, 9.17) is 18.0 Å². The van der Waals surface area contributed by atoms with E-state index in [0.29, 0.717) is 35.4 Å². The van der Waals surface area contributed by atoms with Crippen LogP contribution in [0.2, 0.25) is 0 Å². The third kappa shape index (κ3) is 2.51. The number of aromatic nitrogens is 2. The number of nitrogens with two attached hydrogens (primary N) is 1. The van der Waals surface area contributed by atoms with Gasteiger partial charge in [0.15, 0.2) is 4.77 Å². The van der Waals surface area contributed by atoms with Gasteiger partial charge in [0.1, 0.15) is 11.6 Å². The number of imidazole rings is 1. The summed E-state index contributed by atoms with van der Waals surface area (Å²) in [7, 11) is 1.88. The van der Waals surface area contributed by atoms with Gasteiger partial charge in [-0.3, -0.25) is 0 Å². The monoisotopic (exact) mass is 335 g/mol. The minimum absolute atomic E-state index is 0.156. The van der Waals surface area contributed by atoms with Gasteiger partial charge in [-0.25, -0.2) is 8.78 Å². The van der Waals surface area contributed by atoms with Crippen molar-refractivity contribution >= 4 is 12.2 Å². The van der Waals surface area contributed by atoms with E-state index >= 15 is 0 Å². The van der Waals surface area contributed by atoms with E-state index in [2.05, 4.69) is 6.58 Å². The summed E-state index contributed by atoms with van der Waals surface area (Å²) in [6, 6.07) is 2.80. The van der Waals surface area contributed by atoms with Crippen molar-refractivity contribution in [2.24, 2.45) is 12.8 Å². The molecule has 6 heteroatoms. The zero-order chi connectivity index (χ0) is 16.9. The van der Waals surface area contributed by atoms with E-state index in [1.54, 1.807) is 6.92 Å². The number of aryl methyl sites for hydroxylation is 1. The van der Waals surface area contributed by atoms with E-state index in [1.165, 1.54) is 12.1 Å². The largest absolute Gasteiger partial charge is 0.402 e. The predicted octanol–water partition coefficient (Wildman–Crippen LogP) is 3.50. The molecule has 0 unspecified atom stereocenters. The highest BCUT2D eigenvalue weighted by Crippen LogP contribution is 2.36. The molecular weight excluding hydrogens is 316 g/mol. The minimum Gasteiger partial charge on any atom is -0.402 e. The van der Waals surface area contributed by atoms with Gasteiger partial charge in [-0.2, -0.15) is 0 Å². The van der Waals surface area contributed by atoms with Crippen molar-refractivity contribution in [3.8, 4) is 0 Å².